The minimum absolute atomic E-state index is 0.272. The molecule has 12 aromatic rings. The summed E-state index contributed by atoms with van der Waals surface area (Å²) in [5, 5.41) is 1.19. The third kappa shape index (κ3) is 9.69. The Hall–Kier alpha value is -8.51. The average molecular weight is 1080 g/mol. The van der Waals surface area contributed by atoms with E-state index in [1.54, 1.807) is 26.4 Å². The van der Waals surface area contributed by atoms with Gasteiger partial charge in [-0.1, -0.05) is 170 Å². The molecule has 2 aromatic heterocycles. The van der Waals surface area contributed by atoms with Gasteiger partial charge in [0.25, 0.3) is 0 Å². The summed E-state index contributed by atoms with van der Waals surface area (Å²) in [4.78, 5) is 32.5. The lowest BCUT2D eigenvalue weighted by atomic mass is 9.91. The maximum atomic E-state index is 16.0. The van der Waals surface area contributed by atoms with Gasteiger partial charge >= 0.3 is 0 Å². The Morgan fingerprint density at radius 3 is 0.962 bits per heavy atom. The maximum Gasteiger partial charge on any atom is 0.204 e. The Kier molecular flexibility index (Phi) is 14.3. The van der Waals surface area contributed by atoms with Crippen LogP contribution in [0.15, 0.2) is 238 Å². The van der Waals surface area contributed by atoms with Gasteiger partial charge in [-0.05, 0) is 70.8 Å². The molecule has 0 fully saturated rings. The standard InChI is InChI=1S/C68H50O7S3/c1-72-65-51(41-45-27-13-5-14-28-45)49(39-43-23-9-3-10-24-43)63(74-47-31-17-7-18-32-47)59-61(69)57-53(76-67(59)65)35-21-37-55(57)78(71)56-38-22-36-54-58(56)62(70)60-64(75-48-33-19-8-20-34-48)50(40-44-25-11-4-12-26-44)52(66(73-2)68(60)77-54)42-46-29-15-6-16-30-46/h3-38H,39-42H2,1-2H3. The molecule has 0 bridgehead atoms. The van der Waals surface area contributed by atoms with Gasteiger partial charge in [0.1, 0.15) is 34.5 Å². The fraction of sp³-hybridized carbons (Fsp3) is 0.0882. The van der Waals surface area contributed by atoms with E-state index in [1.807, 2.05) is 158 Å². The average Bonchev–Trinajstić information content (AvgIpc) is 3.54. The van der Waals surface area contributed by atoms with E-state index in [2.05, 4.69) is 48.5 Å². The van der Waals surface area contributed by atoms with E-state index in [0.717, 1.165) is 44.5 Å². The van der Waals surface area contributed by atoms with Gasteiger partial charge < -0.3 is 23.5 Å². The van der Waals surface area contributed by atoms with Gasteiger partial charge in [0.15, 0.2) is 9.79 Å². The van der Waals surface area contributed by atoms with Crippen molar-refractivity contribution < 1.29 is 23.5 Å². The molecule has 78 heavy (non-hydrogen) atoms. The normalized spacial score (nSPS) is 11.4. The van der Waals surface area contributed by atoms with Gasteiger partial charge in [0.05, 0.1) is 45.2 Å². The molecule has 0 N–H and O–H groups in total. The fourth-order valence-electron chi connectivity index (χ4n) is 10.5. The van der Waals surface area contributed by atoms with E-state index in [0.29, 0.717) is 89.8 Å². The van der Waals surface area contributed by atoms with Crippen molar-refractivity contribution in [2.45, 2.75) is 35.5 Å². The lowest BCUT2D eigenvalue weighted by molar-refractivity contribution is 0.413. The van der Waals surface area contributed by atoms with Crippen molar-refractivity contribution in [3.05, 3.63) is 283 Å². The second kappa shape index (κ2) is 22.2. The molecule has 0 atom stereocenters. The fourth-order valence-corrected chi connectivity index (χ4v) is 14.6. The highest BCUT2D eigenvalue weighted by molar-refractivity contribution is 7.92. The van der Waals surface area contributed by atoms with E-state index >= 15 is 14.1 Å². The molecule has 0 radical (unpaired) electrons. The molecular weight excluding hydrogens is 1020 g/mol. The number of benzene rings is 10. The summed E-state index contributed by atoms with van der Waals surface area (Å²) in [7, 11) is 3.29. The van der Waals surface area contributed by atoms with Crippen LogP contribution >= 0.6 is 22.7 Å². The van der Waals surface area contributed by atoms with Gasteiger partial charge in [0, 0.05) is 68.5 Å². The smallest absolute Gasteiger partial charge is 0.204 e. The van der Waals surface area contributed by atoms with E-state index in [4.69, 9.17) is 18.9 Å². The highest BCUT2D eigenvalue weighted by Gasteiger charge is 2.32. The molecule has 0 spiro atoms. The molecule has 2 heterocycles. The van der Waals surface area contributed by atoms with E-state index in [9.17, 15) is 0 Å². The summed E-state index contributed by atoms with van der Waals surface area (Å²) in [5.74, 6) is 3.10. The summed E-state index contributed by atoms with van der Waals surface area (Å²) >= 11 is 0.724. The van der Waals surface area contributed by atoms with Crippen LogP contribution in [-0.2, 0) is 36.9 Å². The predicted molar refractivity (Wildman–Crippen MR) is 319 cm³/mol. The first kappa shape index (κ1) is 50.3. The molecule has 0 unspecified atom stereocenters. The van der Waals surface area contributed by atoms with E-state index in [-0.39, 0.29) is 31.4 Å². The molecule has 0 aliphatic rings. The minimum atomic E-state index is -2.07. The first-order chi connectivity index (χ1) is 38.4. The third-order valence-electron chi connectivity index (χ3n) is 14.1. The molecular formula is C68H50O7S3. The van der Waals surface area contributed by atoms with Crippen LogP contribution in [0.25, 0.3) is 40.3 Å². The van der Waals surface area contributed by atoms with Crippen LogP contribution in [0, 0.1) is 0 Å². The summed E-state index contributed by atoms with van der Waals surface area (Å²) in [6.07, 6.45) is 1.89. The van der Waals surface area contributed by atoms with Crippen LogP contribution in [0.2, 0.25) is 0 Å². The molecule has 10 aromatic carbocycles. The van der Waals surface area contributed by atoms with Crippen LogP contribution in [0.1, 0.15) is 44.5 Å². The lowest BCUT2D eigenvalue weighted by Crippen LogP contribution is -2.15. The van der Waals surface area contributed by atoms with Crippen LogP contribution < -0.4 is 29.8 Å². The van der Waals surface area contributed by atoms with Crippen molar-refractivity contribution in [3.63, 3.8) is 0 Å². The Labute approximate surface area is 462 Å². The zero-order chi connectivity index (χ0) is 53.1. The van der Waals surface area contributed by atoms with Crippen LogP contribution in [0.4, 0.5) is 0 Å². The molecule has 382 valence electrons. The number of fused-ring (bicyclic) bond motifs is 4. The van der Waals surface area contributed by atoms with Gasteiger partial charge in [0.2, 0.25) is 10.9 Å². The zero-order valence-corrected chi connectivity index (χ0v) is 45.1. The number of hydrogen-bond donors (Lipinski definition) is 0. The molecule has 0 aliphatic carbocycles. The molecule has 12 rings (SSSR count). The maximum absolute atomic E-state index is 16.0. The Balaban J connectivity index is 1.12. The molecule has 0 amide bonds. The quantitative estimate of drug-likeness (QED) is 0.0703. The second-order valence-electron chi connectivity index (χ2n) is 18.9. The van der Waals surface area contributed by atoms with Crippen molar-refractivity contribution in [1.29, 1.82) is 0 Å². The van der Waals surface area contributed by atoms with Gasteiger partial charge in [-0.25, -0.2) is 0 Å². The summed E-state index contributed by atoms with van der Waals surface area (Å²) in [5.41, 5.74) is 6.89. The molecule has 10 heteroatoms. The van der Waals surface area contributed by atoms with Crippen LogP contribution in [-0.4, -0.2) is 18.8 Å². The first-order valence-electron chi connectivity index (χ1n) is 25.6. The van der Waals surface area contributed by atoms with Crippen molar-refractivity contribution in [1.82, 2.24) is 0 Å². The Bertz CT molecular complexity index is 3990. The Morgan fingerprint density at radius 1 is 0.359 bits per heavy atom. The van der Waals surface area contributed by atoms with Gasteiger partial charge in [-0.3, -0.25) is 9.59 Å². The number of methoxy groups -OCH3 is 2. The highest BCUT2D eigenvalue weighted by Crippen LogP contribution is 2.49. The minimum Gasteiger partial charge on any atom is -0.606 e. The van der Waals surface area contributed by atoms with Gasteiger partial charge in [-0.15, -0.1) is 22.7 Å². The molecule has 7 nitrogen and oxygen atoms in total. The van der Waals surface area contributed by atoms with Crippen molar-refractivity contribution >= 4 is 74.2 Å². The lowest BCUT2D eigenvalue weighted by Gasteiger charge is -2.23. The summed E-state index contributed by atoms with van der Waals surface area (Å²) < 4.78 is 45.1. The number of ether oxygens (including phenoxy) is 4. The third-order valence-corrected chi connectivity index (χ3v) is 17.9. The predicted octanol–water partition coefficient (Wildman–Crippen LogP) is 16.3. The Morgan fingerprint density at radius 2 is 0.654 bits per heavy atom. The first-order valence-corrected chi connectivity index (χ1v) is 28.4. The van der Waals surface area contributed by atoms with Crippen LogP contribution in [0.3, 0.4) is 0 Å². The van der Waals surface area contributed by atoms with Gasteiger partial charge in [-0.2, -0.15) is 0 Å². The summed E-state index contributed by atoms with van der Waals surface area (Å²) in [6.45, 7) is 0. The van der Waals surface area contributed by atoms with Crippen molar-refractivity contribution in [3.8, 4) is 34.5 Å². The van der Waals surface area contributed by atoms with Crippen LogP contribution in [0.5, 0.6) is 34.5 Å². The zero-order valence-electron chi connectivity index (χ0n) is 42.7. The van der Waals surface area contributed by atoms with E-state index in [1.165, 1.54) is 22.7 Å². The second-order valence-corrected chi connectivity index (χ2v) is 22.4. The molecule has 0 aliphatic heterocycles. The summed E-state index contributed by atoms with van der Waals surface area (Å²) in [6, 6.07) is 70.5. The van der Waals surface area contributed by atoms with E-state index < -0.39 is 11.2 Å². The van der Waals surface area contributed by atoms with Crippen molar-refractivity contribution in [2.24, 2.45) is 0 Å². The molecule has 0 saturated carbocycles. The largest absolute Gasteiger partial charge is 0.606 e. The number of para-hydroxylation sites is 2. The topological polar surface area (TPSA) is 94.1 Å². The number of hydrogen-bond acceptors (Lipinski definition) is 9. The monoisotopic (exact) mass is 1070 g/mol. The number of rotatable bonds is 16. The molecule has 0 saturated heterocycles. The SMILES string of the molecule is COc1c(Cc2ccccc2)c(Cc2ccccc2)c(Oc2ccccc2)c2c(=O)c3c([S+]([O-])c4cccc5sc6c(OC)c(Cc7ccccc7)c(Cc7ccccc7)c(Oc7ccccc7)c6c(=O)c45)cccc3sc12. The highest BCUT2D eigenvalue weighted by atomic mass is 32.2. The van der Waals surface area contributed by atoms with Crippen molar-refractivity contribution in [2.75, 3.05) is 14.2 Å².